The molecule has 0 saturated carbocycles. The fourth-order valence-electron chi connectivity index (χ4n) is 5.43. The molecule has 2 aliphatic rings. The molecule has 36 heavy (non-hydrogen) atoms. The van der Waals surface area contributed by atoms with Crippen LogP contribution in [-0.4, -0.2) is 18.7 Å². The molecule has 0 aromatic heterocycles. The number of fused-ring (bicyclic) bond motifs is 2. The Hall–Kier alpha value is -4.01. The summed E-state index contributed by atoms with van der Waals surface area (Å²) in [5.41, 5.74) is 10.3. The van der Waals surface area contributed by atoms with Crippen molar-refractivity contribution in [3.63, 3.8) is 0 Å². The Labute approximate surface area is 212 Å². The molecule has 0 spiro atoms. The number of esters is 1. The second kappa shape index (κ2) is 11.6. The maximum Gasteiger partial charge on any atom is 0.373 e. The van der Waals surface area contributed by atoms with Gasteiger partial charge >= 0.3 is 12.1 Å². The van der Waals surface area contributed by atoms with Crippen molar-refractivity contribution in [2.75, 3.05) is 6.61 Å². The van der Waals surface area contributed by atoms with Gasteiger partial charge in [-0.25, -0.2) is 0 Å². The summed E-state index contributed by atoms with van der Waals surface area (Å²) in [6.45, 7) is 4.54. The first kappa shape index (κ1) is 25.1. The van der Waals surface area contributed by atoms with E-state index in [1.54, 1.807) is 0 Å². The predicted octanol–water partition coefficient (Wildman–Crippen LogP) is 7.13. The van der Waals surface area contributed by atoms with E-state index in [1.807, 2.05) is 13.0 Å². The average Bonchev–Trinajstić information content (AvgIpc) is 3.42. The molecule has 0 bridgehead atoms. The van der Waals surface area contributed by atoms with Crippen LogP contribution < -0.4 is 0 Å². The maximum absolute atomic E-state index is 12.5. The molecule has 3 aromatic carbocycles. The zero-order chi connectivity index (χ0) is 25.5. The van der Waals surface area contributed by atoms with Crippen LogP contribution in [0.1, 0.15) is 78.3 Å². The molecule has 182 valence electrons. The topological polar surface area (TPSA) is 60.4 Å². The normalized spacial score (nSPS) is 17.1. The summed E-state index contributed by atoms with van der Waals surface area (Å²) in [5, 5.41) is 0. The summed E-state index contributed by atoms with van der Waals surface area (Å²) in [7, 11) is 0. The second-order valence-corrected chi connectivity index (χ2v) is 9.03. The summed E-state index contributed by atoms with van der Waals surface area (Å²) in [4.78, 5) is 28.8. The van der Waals surface area contributed by atoms with Crippen LogP contribution in [0.4, 0.5) is 0 Å². The Morgan fingerprint density at radius 1 is 0.778 bits per heavy atom. The van der Waals surface area contributed by atoms with Crippen molar-refractivity contribution in [1.29, 1.82) is 0 Å². The fourth-order valence-corrected chi connectivity index (χ4v) is 5.43. The first-order chi connectivity index (χ1) is 17.6. The number of carbonyl (C=O) groups excluding carboxylic acids is 3. The van der Waals surface area contributed by atoms with Crippen molar-refractivity contribution >= 4 is 35.4 Å². The van der Waals surface area contributed by atoms with Gasteiger partial charge in [-0.05, 0) is 57.9 Å². The molecule has 3 aromatic rings. The quantitative estimate of drug-likeness (QED) is 0.339. The SMILES string of the molecule is CCCC1C(c2ccccc2)=Cc2cc3c(cc21)C=C(c1ccccc1)C3CC(=O)OCC.O=C=O. The minimum Gasteiger partial charge on any atom is -0.466 e. The molecular weight excluding hydrogens is 448 g/mol. The molecule has 5 rings (SSSR count). The number of ether oxygens (including phenoxy) is 1. The van der Waals surface area contributed by atoms with E-state index >= 15 is 0 Å². The second-order valence-electron chi connectivity index (χ2n) is 9.03. The molecule has 0 amide bonds. The van der Waals surface area contributed by atoms with Crippen LogP contribution in [0.2, 0.25) is 0 Å². The van der Waals surface area contributed by atoms with Gasteiger partial charge in [-0.3, -0.25) is 4.79 Å². The van der Waals surface area contributed by atoms with E-state index in [9.17, 15) is 4.79 Å². The van der Waals surface area contributed by atoms with Gasteiger partial charge in [-0.2, -0.15) is 9.59 Å². The standard InChI is InChI=1S/C31H30O2.CO2/c1-3-11-25-26(21-12-7-5-8-13-21)16-23-19-29-24(18-28(23)25)17-27(22-14-9-6-10-15-22)30(29)20-31(32)33-4-2;2-1-3/h5-10,12-19,25,30H,3-4,11,20H2,1-2H3;. The lowest BCUT2D eigenvalue weighted by Crippen LogP contribution is -2.11. The van der Waals surface area contributed by atoms with Crippen molar-refractivity contribution < 1.29 is 19.1 Å². The van der Waals surface area contributed by atoms with Crippen molar-refractivity contribution in [3.05, 3.63) is 106 Å². The molecule has 0 heterocycles. The van der Waals surface area contributed by atoms with Gasteiger partial charge < -0.3 is 4.74 Å². The minimum absolute atomic E-state index is 0.0190. The van der Waals surface area contributed by atoms with Crippen LogP contribution in [0, 0.1) is 0 Å². The van der Waals surface area contributed by atoms with Crippen molar-refractivity contribution in [2.24, 2.45) is 0 Å². The van der Waals surface area contributed by atoms with Gasteiger partial charge in [0.1, 0.15) is 0 Å². The molecule has 0 saturated heterocycles. The average molecular weight is 479 g/mol. The van der Waals surface area contributed by atoms with E-state index in [0.29, 0.717) is 18.9 Å². The van der Waals surface area contributed by atoms with E-state index < -0.39 is 0 Å². The summed E-state index contributed by atoms with van der Waals surface area (Å²) < 4.78 is 5.34. The summed E-state index contributed by atoms with van der Waals surface area (Å²) >= 11 is 0. The van der Waals surface area contributed by atoms with E-state index in [0.717, 1.165) is 12.8 Å². The van der Waals surface area contributed by atoms with E-state index in [2.05, 4.69) is 85.8 Å². The largest absolute Gasteiger partial charge is 0.466 e. The third-order valence-corrected chi connectivity index (χ3v) is 6.88. The fraction of sp³-hybridized carbons (Fsp3) is 0.250. The smallest absolute Gasteiger partial charge is 0.373 e. The van der Waals surface area contributed by atoms with Gasteiger partial charge in [0, 0.05) is 11.8 Å². The number of allylic oxidation sites excluding steroid dienone is 2. The molecule has 2 unspecified atom stereocenters. The highest BCUT2D eigenvalue weighted by atomic mass is 16.5. The van der Waals surface area contributed by atoms with Crippen LogP contribution >= 0.6 is 0 Å². The van der Waals surface area contributed by atoms with Crippen molar-refractivity contribution in [2.45, 2.75) is 44.9 Å². The Balaban J connectivity index is 0.000000967. The van der Waals surface area contributed by atoms with Gasteiger partial charge in [0.2, 0.25) is 0 Å². The summed E-state index contributed by atoms with van der Waals surface area (Å²) in [6, 6.07) is 25.9. The van der Waals surface area contributed by atoms with Gasteiger partial charge in [-0.15, -0.1) is 0 Å². The molecule has 0 N–H and O–H groups in total. The summed E-state index contributed by atoms with van der Waals surface area (Å²) in [6.07, 6.45) is 7.55. The third-order valence-electron chi connectivity index (χ3n) is 6.88. The van der Waals surface area contributed by atoms with Crippen LogP contribution in [0.5, 0.6) is 0 Å². The number of hydrogen-bond donors (Lipinski definition) is 0. The number of carbonyl (C=O) groups is 1. The molecule has 0 fully saturated rings. The van der Waals surface area contributed by atoms with Crippen LogP contribution in [0.15, 0.2) is 72.8 Å². The highest BCUT2D eigenvalue weighted by Crippen LogP contribution is 2.50. The van der Waals surface area contributed by atoms with Crippen molar-refractivity contribution in [1.82, 2.24) is 0 Å². The van der Waals surface area contributed by atoms with Crippen LogP contribution in [-0.2, 0) is 19.1 Å². The van der Waals surface area contributed by atoms with Gasteiger partial charge in [0.05, 0.1) is 13.0 Å². The van der Waals surface area contributed by atoms with E-state index in [1.165, 1.54) is 44.5 Å². The van der Waals surface area contributed by atoms with Gasteiger partial charge in [0.15, 0.2) is 0 Å². The monoisotopic (exact) mass is 478 g/mol. The van der Waals surface area contributed by atoms with E-state index in [-0.39, 0.29) is 18.0 Å². The minimum atomic E-state index is -0.137. The lowest BCUT2D eigenvalue weighted by Gasteiger charge is -2.19. The summed E-state index contributed by atoms with van der Waals surface area (Å²) in [5.74, 6) is 0.294. The lowest BCUT2D eigenvalue weighted by molar-refractivity contribution is -0.191. The molecule has 4 nitrogen and oxygen atoms in total. The third kappa shape index (κ3) is 5.15. The van der Waals surface area contributed by atoms with Gasteiger partial charge in [-0.1, -0.05) is 98.3 Å². The first-order valence-electron chi connectivity index (χ1n) is 12.5. The zero-order valence-corrected chi connectivity index (χ0v) is 20.7. The number of benzene rings is 3. The van der Waals surface area contributed by atoms with E-state index in [4.69, 9.17) is 14.3 Å². The molecule has 0 radical (unpaired) electrons. The van der Waals surface area contributed by atoms with Crippen LogP contribution in [0.3, 0.4) is 0 Å². The van der Waals surface area contributed by atoms with Crippen LogP contribution in [0.25, 0.3) is 23.3 Å². The zero-order valence-electron chi connectivity index (χ0n) is 20.7. The maximum atomic E-state index is 12.5. The molecule has 2 aliphatic carbocycles. The molecule has 2 atom stereocenters. The molecule has 4 heteroatoms. The Morgan fingerprint density at radius 3 is 1.72 bits per heavy atom. The van der Waals surface area contributed by atoms with Gasteiger partial charge in [0.25, 0.3) is 0 Å². The molecule has 0 aliphatic heterocycles. The Kier molecular flexibility index (Phi) is 8.10. The lowest BCUT2D eigenvalue weighted by atomic mass is 9.85. The number of hydrogen-bond acceptors (Lipinski definition) is 4. The molecular formula is C32H30O4. The highest BCUT2D eigenvalue weighted by Gasteiger charge is 2.33. The number of rotatable bonds is 7. The highest BCUT2D eigenvalue weighted by molar-refractivity contribution is 5.97. The first-order valence-corrected chi connectivity index (χ1v) is 12.5. The predicted molar refractivity (Wildman–Crippen MR) is 142 cm³/mol. The Morgan fingerprint density at radius 2 is 1.25 bits per heavy atom. The Bertz CT molecular complexity index is 1310. The van der Waals surface area contributed by atoms with Crippen molar-refractivity contribution in [3.8, 4) is 0 Å².